The monoisotopic (exact) mass is 590 g/mol. The van der Waals surface area contributed by atoms with Gasteiger partial charge in [0.1, 0.15) is 0 Å². The van der Waals surface area contributed by atoms with Gasteiger partial charge in [-0.25, -0.2) is 9.97 Å². The predicted octanol–water partition coefficient (Wildman–Crippen LogP) is 5.76. The molecule has 0 unspecified atom stereocenters. The zero-order valence-electron chi connectivity index (χ0n) is 17.5. The third kappa shape index (κ3) is 5.56. The molecule has 5 nitrogen and oxygen atoms in total. The summed E-state index contributed by atoms with van der Waals surface area (Å²) in [6.07, 6.45) is 8.09. The minimum absolute atomic E-state index is 0.151. The third-order valence-corrected chi connectivity index (χ3v) is 6.29. The average Bonchev–Trinajstić information content (AvgIpc) is 3.47. The van der Waals surface area contributed by atoms with Crippen LogP contribution in [-0.2, 0) is 24.6 Å². The topological polar surface area (TPSA) is 74.4 Å². The molecule has 3 aromatic rings. The standard InChI is InChI=1S/C20H14N4.C5H9O.Pt/c1-2-14-10-16-5-6-18(23-16)12-20-8-7-19(24-20)11-17-4-3-15(22-17)9-13(1)21-14;1-5(2,3)4-6;/h1-12,21,24H;1-3H3;. The first kappa shape index (κ1) is 21.2. The number of aromatic nitrogens is 4. The molecule has 0 saturated heterocycles. The van der Waals surface area contributed by atoms with Crippen LogP contribution in [0, 0.1) is 5.41 Å². The Morgan fingerprint density at radius 1 is 0.677 bits per heavy atom. The summed E-state index contributed by atoms with van der Waals surface area (Å²) < 4.78 is 0.215. The third-order valence-electron chi connectivity index (χ3n) is 4.59. The molecule has 0 saturated carbocycles. The summed E-state index contributed by atoms with van der Waals surface area (Å²) in [5.41, 5.74) is 7.71. The van der Waals surface area contributed by atoms with E-state index in [9.17, 15) is 4.79 Å². The van der Waals surface area contributed by atoms with Gasteiger partial charge in [0.05, 0.1) is 22.8 Å². The van der Waals surface area contributed by atoms with Crippen LogP contribution in [0.5, 0.6) is 0 Å². The molecule has 0 amide bonds. The van der Waals surface area contributed by atoms with Crippen molar-refractivity contribution in [3.63, 3.8) is 0 Å². The number of nitrogens with one attached hydrogen (secondary N) is 2. The van der Waals surface area contributed by atoms with Crippen molar-refractivity contribution >= 4 is 50.5 Å². The maximum atomic E-state index is 10.5. The Bertz CT molecular complexity index is 1180. The van der Waals surface area contributed by atoms with Gasteiger partial charge in [-0.05, 0) is 72.8 Å². The first-order valence-corrected chi connectivity index (χ1v) is 11.1. The van der Waals surface area contributed by atoms with Crippen LogP contribution >= 0.6 is 0 Å². The van der Waals surface area contributed by atoms with Crippen LogP contribution in [0.25, 0.3) is 46.4 Å². The van der Waals surface area contributed by atoms with Gasteiger partial charge in [0, 0.05) is 22.1 Å². The number of hydrogen-bond donors (Lipinski definition) is 2. The van der Waals surface area contributed by atoms with E-state index in [1.807, 2.05) is 69.3 Å². The van der Waals surface area contributed by atoms with Crippen LogP contribution in [0.3, 0.4) is 0 Å². The number of nitrogens with zero attached hydrogens (tertiary/aromatic N) is 2. The molecule has 2 aliphatic heterocycles. The number of carbonyl (C=O) groups excluding carboxylic acids is 1. The molecule has 0 spiro atoms. The second-order valence-electron chi connectivity index (χ2n) is 8.40. The summed E-state index contributed by atoms with van der Waals surface area (Å²) in [7, 11) is 0. The second kappa shape index (κ2) is 8.60. The van der Waals surface area contributed by atoms with Gasteiger partial charge in [-0.3, -0.25) is 0 Å². The van der Waals surface area contributed by atoms with Crippen molar-refractivity contribution in [1.29, 1.82) is 0 Å². The van der Waals surface area contributed by atoms with Crippen molar-refractivity contribution in [3.8, 4) is 0 Å². The van der Waals surface area contributed by atoms with Crippen molar-refractivity contribution in [1.82, 2.24) is 19.9 Å². The summed E-state index contributed by atoms with van der Waals surface area (Å²) in [5.74, 6) is 0. The summed E-state index contributed by atoms with van der Waals surface area (Å²) >= 11 is 1.80. The molecule has 2 N–H and O–H groups in total. The molecular weight excluding hydrogens is 567 g/mol. The Morgan fingerprint density at radius 3 is 1.16 bits per heavy atom. The predicted molar refractivity (Wildman–Crippen MR) is 123 cm³/mol. The first-order valence-electron chi connectivity index (χ1n) is 9.96. The SMILES string of the molecule is C1=Cc2cc3ccc(cc4nc(cc5ccc(cc1n2)[nH]5)C=C4)[nH]3.CC(C)(C)[C](=O)[Pt]. The number of fused-ring (bicyclic) bond motifs is 8. The number of carbonyl (C=O) groups is 1. The molecule has 5 heterocycles. The van der Waals surface area contributed by atoms with E-state index in [2.05, 4.69) is 44.2 Å². The van der Waals surface area contributed by atoms with E-state index in [0.29, 0.717) is 0 Å². The number of hydrogen-bond acceptors (Lipinski definition) is 3. The van der Waals surface area contributed by atoms with Crippen molar-refractivity contribution in [2.24, 2.45) is 5.41 Å². The van der Waals surface area contributed by atoms with Crippen molar-refractivity contribution in [3.05, 3.63) is 71.3 Å². The van der Waals surface area contributed by atoms with Crippen molar-refractivity contribution in [2.75, 3.05) is 0 Å². The fourth-order valence-electron chi connectivity index (χ4n) is 2.94. The molecule has 6 heteroatoms. The fraction of sp³-hybridized carbons (Fsp3) is 0.160. The molecule has 31 heavy (non-hydrogen) atoms. The van der Waals surface area contributed by atoms with Crippen LogP contribution in [0.1, 0.15) is 43.5 Å². The Kier molecular flexibility index (Phi) is 5.88. The van der Waals surface area contributed by atoms with Gasteiger partial charge in [-0.2, -0.15) is 0 Å². The number of aromatic amines is 2. The Morgan fingerprint density at radius 2 is 0.935 bits per heavy atom. The Balaban J connectivity index is 0.000000289. The van der Waals surface area contributed by atoms with E-state index in [1.54, 1.807) is 19.8 Å². The summed E-state index contributed by atoms with van der Waals surface area (Å²) in [6.45, 7) is 5.72. The van der Waals surface area contributed by atoms with E-state index in [-0.39, 0.29) is 9.59 Å². The van der Waals surface area contributed by atoms with Gasteiger partial charge in [0.25, 0.3) is 0 Å². The van der Waals surface area contributed by atoms with Crippen LogP contribution in [0.2, 0.25) is 0 Å². The average molecular weight is 591 g/mol. The summed E-state index contributed by atoms with van der Waals surface area (Å²) in [6, 6.07) is 16.4. The van der Waals surface area contributed by atoms with E-state index >= 15 is 0 Å². The molecule has 159 valence electrons. The van der Waals surface area contributed by atoms with Gasteiger partial charge < -0.3 is 9.97 Å². The molecule has 2 aliphatic rings. The molecule has 3 aromatic heterocycles. The fourth-order valence-corrected chi connectivity index (χ4v) is 2.94. The van der Waals surface area contributed by atoms with Gasteiger partial charge >= 0.3 is 55.0 Å². The molecule has 0 fully saturated rings. The van der Waals surface area contributed by atoms with Gasteiger partial charge in [-0.15, -0.1) is 0 Å². The molecule has 8 bridgehead atoms. The molecule has 0 radical (unpaired) electrons. The van der Waals surface area contributed by atoms with Crippen molar-refractivity contribution in [2.45, 2.75) is 20.8 Å². The van der Waals surface area contributed by atoms with Gasteiger partial charge in [0.15, 0.2) is 0 Å². The zero-order valence-corrected chi connectivity index (χ0v) is 19.8. The van der Waals surface area contributed by atoms with E-state index in [1.165, 1.54) is 0 Å². The van der Waals surface area contributed by atoms with E-state index in [4.69, 9.17) is 0 Å². The Labute approximate surface area is 192 Å². The molecule has 0 aliphatic carbocycles. The minimum atomic E-state index is -0.151. The maximum absolute atomic E-state index is 10.5. The van der Waals surface area contributed by atoms with Gasteiger partial charge in [-0.1, -0.05) is 0 Å². The number of H-pyrrole nitrogens is 2. The molecule has 0 aromatic carbocycles. The van der Waals surface area contributed by atoms with Crippen LogP contribution < -0.4 is 0 Å². The van der Waals surface area contributed by atoms with Crippen LogP contribution in [-0.4, -0.2) is 24.1 Å². The first-order chi connectivity index (χ1) is 14.7. The normalized spacial score (nSPS) is 12.4. The number of rotatable bonds is 0. The molecule has 5 rings (SSSR count). The van der Waals surface area contributed by atoms with Crippen molar-refractivity contribution < 1.29 is 24.6 Å². The van der Waals surface area contributed by atoms with E-state index < -0.39 is 0 Å². The van der Waals surface area contributed by atoms with Crippen LogP contribution in [0.4, 0.5) is 0 Å². The summed E-state index contributed by atoms with van der Waals surface area (Å²) in [5, 5.41) is 0. The van der Waals surface area contributed by atoms with E-state index in [0.717, 1.165) is 44.8 Å². The second-order valence-corrected chi connectivity index (χ2v) is 9.43. The quantitative estimate of drug-likeness (QED) is 0.241. The zero-order chi connectivity index (χ0) is 22.0. The molecular formula is C25H23N4OPt. The summed E-state index contributed by atoms with van der Waals surface area (Å²) in [4.78, 5) is 26.5. The van der Waals surface area contributed by atoms with Gasteiger partial charge in [0.2, 0.25) is 0 Å². The Hall–Kier alpha value is -3.04. The van der Waals surface area contributed by atoms with Crippen LogP contribution in [0.15, 0.2) is 48.5 Å². The molecule has 0 atom stereocenters.